The Kier molecular flexibility index (Phi) is 5.54. The average Bonchev–Trinajstić information content (AvgIpc) is 3.43. The molecule has 0 aliphatic heterocycles. The molecule has 0 fully saturated rings. The number of aromatic nitrogens is 4. The summed E-state index contributed by atoms with van der Waals surface area (Å²) in [4.78, 5) is 14.7. The smallest absolute Gasteiger partial charge is 0.439 e. The number of fused-ring (bicyclic) bond motifs is 4. The van der Waals surface area contributed by atoms with Gasteiger partial charge < -0.3 is 9.55 Å². The maximum atomic E-state index is 5.18. The predicted molar refractivity (Wildman–Crippen MR) is 142 cm³/mol. The minimum atomic E-state index is 0. The van der Waals surface area contributed by atoms with E-state index < -0.39 is 0 Å². The van der Waals surface area contributed by atoms with Crippen molar-refractivity contribution in [2.24, 2.45) is 0 Å². The minimum Gasteiger partial charge on any atom is -0.439 e. The Hall–Kier alpha value is -4.01. The molecule has 0 atom stereocenters. The van der Waals surface area contributed by atoms with Gasteiger partial charge >= 0.3 is 21.1 Å². The molecule has 0 aliphatic carbocycles. The molecule has 0 N–H and O–H groups in total. The van der Waals surface area contributed by atoms with Gasteiger partial charge in [-0.2, -0.15) is 0 Å². The number of pyridine rings is 2. The molecule has 0 radical (unpaired) electrons. The molecule has 0 saturated heterocycles. The van der Waals surface area contributed by atoms with E-state index in [0.29, 0.717) is 0 Å². The van der Waals surface area contributed by atoms with Crippen molar-refractivity contribution in [2.75, 3.05) is 0 Å². The molecule has 0 amide bonds. The topological polar surface area (TPSA) is 44.8 Å². The molecule has 5 heteroatoms. The fourth-order valence-corrected chi connectivity index (χ4v) is 4.94. The maximum Gasteiger partial charge on any atom is 2.00 e. The van der Waals surface area contributed by atoms with E-state index in [-0.39, 0.29) is 21.1 Å². The summed E-state index contributed by atoms with van der Waals surface area (Å²) in [7, 11) is 0. The molecule has 0 spiro atoms. The van der Waals surface area contributed by atoms with Crippen LogP contribution in [0.15, 0.2) is 103 Å². The van der Waals surface area contributed by atoms with Crippen molar-refractivity contribution in [1.29, 1.82) is 0 Å². The fourth-order valence-electron chi connectivity index (χ4n) is 4.94. The first kappa shape index (κ1) is 22.5. The number of para-hydroxylation sites is 1. The molecule has 0 unspecified atom stereocenters. The molecule has 4 nitrogen and oxygen atoms in total. The fraction of sp³-hybridized carbons (Fsp3) is 0.0323. The van der Waals surface area contributed by atoms with E-state index in [1.54, 1.807) is 6.20 Å². The van der Waals surface area contributed by atoms with E-state index in [2.05, 4.69) is 83.2 Å². The summed E-state index contributed by atoms with van der Waals surface area (Å²) in [5.74, 6) is 0.917. The van der Waals surface area contributed by atoms with Crippen LogP contribution in [0.3, 0.4) is 0 Å². The summed E-state index contributed by atoms with van der Waals surface area (Å²) >= 11 is 0. The number of benzene rings is 3. The SMILES string of the molecule is Cc1[n-]c(-n2c3ccccc3c3ccc(-c4[c-]c(-c5ccccn5)ccc4)nc32)c2ccccc12.[Pt+2]. The van der Waals surface area contributed by atoms with Gasteiger partial charge in [-0.3, -0.25) is 9.97 Å². The second-order valence-corrected chi connectivity index (χ2v) is 8.68. The summed E-state index contributed by atoms with van der Waals surface area (Å²) in [5.41, 5.74) is 6.66. The van der Waals surface area contributed by atoms with Gasteiger partial charge in [0.25, 0.3) is 0 Å². The summed E-state index contributed by atoms with van der Waals surface area (Å²) in [6.07, 6.45) is 1.80. The standard InChI is InChI=1S/C31H20N4.Pt/c1-20-23-11-2-3-13-25(23)30(33-20)35-29-15-5-4-12-24(29)26-16-17-28(34-31(26)35)22-10-8-9-21(19-22)27-14-6-7-18-32-27;/h2-18H,1H3;/q-2;+2. The van der Waals surface area contributed by atoms with Crippen LogP contribution in [0.25, 0.3) is 61.0 Å². The van der Waals surface area contributed by atoms with Gasteiger partial charge in [-0.1, -0.05) is 89.6 Å². The Morgan fingerprint density at radius 1 is 0.667 bits per heavy atom. The Morgan fingerprint density at radius 2 is 1.39 bits per heavy atom. The van der Waals surface area contributed by atoms with Gasteiger partial charge in [0.15, 0.2) is 0 Å². The third kappa shape index (κ3) is 3.49. The molecule has 4 aromatic heterocycles. The van der Waals surface area contributed by atoms with E-state index in [9.17, 15) is 0 Å². The monoisotopic (exact) mass is 643 g/mol. The van der Waals surface area contributed by atoms with E-state index in [0.717, 1.165) is 61.3 Å². The second kappa shape index (κ2) is 8.89. The van der Waals surface area contributed by atoms with E-state index in [4.69, 9.17) is 9.97 Å². The van der Waals surface area contributed by atoms with Crippen molar-refractivity contribution in [3.63, 3.8) is 0 Å². The number of hydrogen-bond donors (Lipinski definition) is 0. The largest absolute Gasteiger partial charge is 2.00 e. The Labute approximate surface area is 222 Å². The van der Waals surface area contributed by atoms with Crippen molar-refractivity contribution < 1.29 is 21.1 Å². The van der Waals surface area contributed by atoms with E-state index in [1.807, 2.05) is 36.4 Å². The van der Waals surface area contributed by atoms with Gasteiger partial charge in [0.1, 0.15) is 0 Å². The normalized spacial score (nSPS) is 11.2. The molecule has 0 saturated carbocycles. The van der Waals surface area contributed by atoms with Crippen LogP contribution in [0.4, 0.5) is 0 Å². The number of rotatable bonds is 3. The van der Waals surface area contributed by atoms with Crippen LogP contribution < -0.4 is 4.98 Å². The van der Waals surface area contributed by atoms with Crippen molar-refractivity contribution in [3.05, 3.63) is 115 Å². The number of aryl methyl sites for hydroxylation is 1. The van der Waals surface area contributed by atoms with Gasteiger partial charge in [-0.25, -0.2) is 0 Å². The van der Waals surface area contributed by atoms with Gasteiger partial charge in [-0.15, -0.1) is 24.3 Å². The first-order valence-electron chi connectivity index (χ1n) is 11.6. The minimum absolute atomic E-state index is 0. The summed E-state index contributed by atoms with van der Waals surface area (Å²) < 4.78 is 2.20. The van der Waals surface area contributed by atoms with Crippen LogP contribution in [0.5, 0.6) is 0 Å². The summed E-state index contributed by atoms with van der Waals surface area (Å²) in [5, 5.41) is 4.57. The molecule has 0 bridgehead atoms. The zero-order chi connectivity index (χ0) is 23.4. The quantitative estimate of drug-likeness (QED) is 0.193. The first-order valence-corrected chi connectivity index (χ1v) is 11.6. The predicted octanol–water partition coefficient (Wildman–Crippen LogP) is 7.12. The molecular formula is C31H20N4Pt. The molecule has 4 heterocycles. The first-order chi connectivity index (χ1) is 17.3. The third-order valence-electron chi connectivity index (χ3n) is 6.58. The molecule has 0 aliphatic rings. The van der Waals surface area contributed by atoms with Gasteiger partial charge in [0.2, 0.25) is 0 Å². The van der Waals surface area contributed by atoms with Gasteiger partial charge in [0, 0.05) is 23.0 Å². The third-order valence-corrected chi connectivity index (χ3v) is 6.58. The van der Waals surface area contributed by atoms with Crippen molar-refractivity contribution in [3.8, 4) is 28.3 Å². The number of nitrogens with zero attached hydrogens (tertiary/aromatic N) is 4. The zero-order valence-electron chi connectivity index (χ0n) is 19.4. The van der Waals surface area contributed by atoms with Crippen LogP contribution in [-0.4, -0.2) is 14.5 Å². The van der Waals surface area contributed by atoms with Gasteiger partial charge in [0.05, 0.1) is 5.65 Å². The Balaban J connectivity index is 0.00000240. The molecule has 3 aromatic carbocycles. The van der Waals surface area contributed by atoms with Crippen LogP contribution in [0.1, 0.15) is 5.69 Å². The summed E-state index contributed by atoms with van der Waals surface area (Å²) in [6, 6.07) is 36.6. The molecule has 7 rings (SSSR count). The van der Waals surface area contributed by atoms with Crippen LogP contribution in [-0.2, 0) is 21.1 Å². The maximum absolute atomic E-state index is 5.18. The van der Waals surface area contributed by atoms with E-state index in [1.165, 1.54) is 5.39 Å². The Morgan fingerprint density at radius 3 is 2.19 bits per heavy atom. The zero-order valence-corrected chi connectivity index (χ0v) is 21.7. The molecule has 7 aromatic rings. The van der Waals surface area contributed by atoms with Crippen LogP contribution in [0, 0.1) is 13.0 Å². The molecule has 36 heavy (non-hydrogen) atoms. The van der Waals surface area contributed by atoms with E-state index >= 15 is 0 Å². The van der Waals surface area contributed by atoms with Crippen molar-refractivity contribution >= 4 is 32.7 Å². The molecule has 174 valence electrons. The number of hydrogen-bond acceptors (Lipinski definition) is 2. The summed E-state index contributed by atoms with van der Waals surface area (Å²) in [6.45, 7) is 2.07. The van der Waals surface area contributed by atoms with Gasteiger partial charge in [-0.05, 0) is 40.5 Å². The second-order valence-electron chi connectivity index (χ2n) is 8.68. The van der Waals surface area contributed by atoms with Crippen molar-refractivity contribution in [1.82, 2.24) is 19.5 Å². The Bertz CT molecular complexity index is 1860. The van der Waals surface area contributed by atoms with Crippen molar-refractivity contribution in [2.45, 2.75) is 6.92 Å². The van der Waals surface area contributed by atoms with Crippen LogP contribution >= 0.6 is 0 Å². The van der Waals surface area contributed by atoms with Crippen LogP contribution in [0.2, 0.25) is 0 Å². The molecular weight excluding hydrogens is 623 g/mol. The average molecular weight is 644 g/mol.